The minimum Gasteiger partial charge on any atom is -0.493 e. The molecule has 5 heteroatoms. The molecule has 0 aliphatic rings. The van der Waals surface area contributed by atoms with Crippen LogP contribution in [-0.4, -0.2) is 25.9 Å². The number of aryl methyl sites for hydroxylation is 1. The molecule has 2 N–H and O–H groups in total. The maximum atomic E-state index is 5.40. The fourth-order valence-electron chi connectivity index (χ4n) is 2.93. The predicted molar refractivity (Wildman–Crippen MR) is 113 cm³/mol. The fourth-order valence-corrected chi connectivity index (χ4v) is 3.15. The van der Waals surface area contributed by atoms with E-state index in [4.69, 9.17) is 21.7 Å². The zero-order valence-electron chi connectivity index (χ0n) is 16.2. The Morgan fingerprint density at radius 3 is 2.38 bits per heavy atom. The third kappa shape index (κ3) is 5.36. The predicted octanol–water partition coefficient (Wildman–Crippen LogP) is 4.66. The van der Waals surface area contributed by atoms with Gasteiger partial charge >= 0.3 is 0 Å². The molecule has 0 heterocycles. The van der Waals surface area contributed by atoms with Crippen molar-refractivity contribution < 1.29 is 9.47 Å². The molecular weight excluding hydrogens is 344 g/mol. The first-order valence-electron chi connectivity index (χ1n) is 8.81. The van der Waals surface area contributed by atoms with Gasteiger partial charge in [0, 0.05) is 12.2 Å². The Bertz CT molecular complexity index is 760. The van der Waals surface area contributed by atoms with Crippen LogP contribution >= 0.6 is 12.2 Å². The zero-order chi connectivity index (χ0) is 19.1. The van der Waals surface area contributed by atoms with Gasteiger partial charge in [-0.05, 0) is 72.4 Å². The van der Waals surface area contributed by atoms with Crippen LogP contribution < -0.4 is 20.1 Å². The van der Waals surface area contributed by atoms with Gasteiger partial charge in [0.1, 0.15) is 0 Å². The van der Waals surface area contributed by atoms with Crippen molar-refractivity contribution in [2.24, 2.45) is 0 Å². The van der Waals surface area contributed by atoms with Crippen molar-refractivity contribution in [3.8, 4) is 11.5 Å². The molecule has 0 amide bonds. The van der Waals surface area contributed by atoms with Crippen LogP contribution in [0.5, 0.6) is 11.5 Å². The second-order valence-corrected chi connectivity index (χ2v) is 6.95. The van der Waals surface area contributed by atoms with E-state index in [-0.39, 0.29) is 0 Å². The van der Waals surface area contributed by atoms with E-state index >= 15 is 0 Å². The summed E-state index contributed by atoms with van der Waals surface area (Å²) < 4.78 is 10.6. The summed E-state index contributed by atoms with van der Waals surface area (Å²) in [4.78, 5) is 0. The van der Waals surface area contributed by atoms with E-state index in [1.165, 1.54) is 11.1 Å². The molecule has 2 aromatic carbocycles. The van der Waals surface area contributed by atoms with Gasteiger partial charge in [-0.3, -0.25) is 0 Å². The minimum absolute atomic E-state index is 0.524. The molecule has 0 bridgehead atoms. The summed E-state index contributed by atoms with van der Waals surface area (Å²) in [5.74, 6) is 2.00. The number of thiocarbonyl (C=S) groups is 1. The Morgan fingerprint density at radius 2 is 1.77 bits per heavy atom. The summed E-state index contributed by atoms with van der Waals surface area (Å²) in [5.41, 5.74) is 4.81. The first-order chi connectivity index (χ1) is 12.4. The highest BCUT2D eigenvalue weighted by Crippen LogP contribution is 2.27. The maximum Gasteiger partial charge on any atom is 0.170 e. The molecular formula is C21H28N2O2S. The summed E-state index contributed by atoms with van der Waals surface area (Å²) in [6.45, 7) is 7.28. The molecule has 0 unspecified atom stereocenters. The Morgan fingerprint density at radius 1 is 1.04 bits per heavy atom. The van der Waals surface area contributed by atoms with Gasteiger partial charge in [-0.25, -0.2) is 0 Å². The van der Waals surface area contributed by atoms with Crippen molar-refractivity contribution >= 4 is 23.0 Å². The molecule has 2 rings (SSSR count). The largest absolute Gasteiger partial charge is 0.493 e. The maximum absolute atomic E-state index is 5.40. The molecule has 0 spiro atoms. The molecule has 4 nitrogen and oxygen atoms in total. The van der Waals surface area contributed by atoms with Crippen LogP contribution in [0, 0.1) is 6.92 Å². The van der Waals surface area contributed by atoms with Crippen LogP contribution in [0.3, 0.4) is 0 Å². The lowest BCUT2D eigenvalue weighted by atomic mass is 9.98. The van der Waals surface area contributed by atoms with Crippen molar-refractivity contribution in [2.45, 2.75) is 33.1 Å². The quantitative estimate of drug-likeness (QED) is 0.692. The number of methoxy groups -OCH3 is 2. The van der Waals surface area contributed by atoms with Crippen molar-refractivity contribution in [3.63, 3.8) is 0 Å². The van der Waals surface area contributed by atoms with E-state index in [1.54, 1.807) is 14.2 Å². The first-order valence-corrected chi connectivity index (χ1v) is 9.21. The van der Waals surface area contributed by atoms with Gasteiger partial charge in [-0.1, -0.05) is 26.0 Å². The summed E-state index contributed by atoms with van der Waals surface area (Å²) in [6, 6.07) is 12.3. The molecule has 140 valence electrons. The summed E-state index contributed by atoms with van der Waals surface area (Å²) in [7, 11) is 3.28. The molecule has 2 aromatic rings. The molecule has 0 aliphatic carbocycles. The first kappa shape index (κ1) is 20.0. The minimum atomic E-state index is 0.524. The van der Waals surface area contributed by atoms with E-state index in [0.29, 0.717) is 11.0 Å². The van der Waals surface area contributed by atoms with Crippen molar-refractivity contribution in [2.75, 3.05) is 26.1 Å². The van der Waals surface area contributed by atoms with Crippen LogP contribution in [0.4, 0.5) is 5.69 Å². The molecule has 0 fully saturated rings. The second-order valence-electron chi connectivity index (χ2n) is 6.55. The number of nitrogens with one attached hydrogen (secondary N) is 2. The lowest BCUT2D eigenvalue weighted by Crippen LogP contribution is -2.30. The number of ether oxygens (including phenoxy) is 2. The monoisotopic (exact) mass is 372 g/mol. The molecule has 0 saturated heterocycles. The van der Waals surface area contributed by atoms with Gasteiger partial charge in [0.2, 0.25) is 0 Å². The van der Waals surface area contributed by atoms with E-state index in [0.717, 1.165) is 35.7 Å². The lowest BCUT2D eigenvalue weighted by Gasteiger charge is -2.14. The zero-order valence-corrected chi connectivity index (χ0v) is 17.0. The summed E-state index contributed by atoms with van der Waals surface area (Å²) >= 11 is 5.40. The number of hydrogen-bond donors (Lipinski definition) is 2. The van der Waals surface area contributed by atoms with Crippen molar-refractivity contribution in [1.82, 2.24) is 5.32 Å². The Hall–Kier alpha value is -2.27. The van der Waals surface area contributed by atoms with Gasteiger partial charge in [0.25, 0.3) is 0 Å². The van der Waals surface area contributed by atoms with Crippen molar-refractivity contribution in [1.29, 1.82) is 0 Å². The Kier molecular flexibility index (Phi) is 7.27. The average Bonchev–Trinajstić information content (AvgIpc) is 2.61. The topological polar surface area (TPSA) is 42.5 Å². The number of rotatable bonds is 7. The molecule has 0 atom stereocenters. The molecule has 0 aliphatic heterocycles. The molecule has 0 radical (unpaired) electrons. The molecule has 0 aromatic heterocycles. The third-order valence-electron chi connectivity index (χ3n) is 4.30. The van der Waals surface area contributed by atoms with Crippen LogP contribution in [0.2, 0.25) is 0 Å². The van der Waals surface area contributed by atoms with Crippen LogP contribution in [-0.2, 0) is 6.42 Å². The van der Waals surface area contributed by atoms with Gasteiger partial charge in [-0.15, -0.1) is 0 Å². The number of anilines is 1. The highest BCUT2D eigenvalue weighted by Gasteiger charge is 2.06. The van der Waals surface area contributed by atoms with Crippen LogP contribution in [0.25, 0.3) is 0 Å². The summed E-state index contributed by atoms with van der Waals surface area (Å²) in [6.07, 6.45) is 0.841. The number of hydrogen-bond acceptors (Lipinski definition) is 3. The van der Waals surface area contributed by atoms with Gasteiger partial charge in [0.05, 0.1) is 14.2 Å². The number of benzene rings is 2. The smallest absolute Gasteiger partial charge is 0.170 e. The fraction of sp³-hybridized carbons (Fsp3) is 0.381. The van der Waals surface area contributed by atoms with Gasteiger partial charge in [0.15, 0.2) is 16.6 Å². The molecule has 0 saturated carbocycles. The Balaban J connectivity index is 1.86. The summed E-state index contributed by atoms with van der Waals surface area (Å²) in [5, 5.41) is 7.13. The van der Waals surface area contributed by atoms with Crippen LogP contribution in [0.1, 0.15) is 36.5 Å². The SMILES string of the molecule is COc1ccc(CCNC(=S)Nc2ccc(C(C)C)c(C)c2)cc1OC. The van der Waals surface area contributed by atoms with E-state index < -0.39 is 0 Å². The lowest BCUT2D eigenvalue weighted by molar-refractivity contribution is 0.354. The Labute approximate surface area is 161 Å². The van der Waals surface area contributed by atoms with Crippen LogP contribution in [0.15, 0.2) is 36.4 Å². The van der Waals surface area contributed by atoms with E-state index in [2.05, 4.69) is 49.6 Å². The average molecular weight is 373 g/mol. The standard InChI is InChI=1S/C21H28N2O2S/c1-14(2)18-8-7-17(12-15(18)3)23-21(26)22-11-10-16-6-9-19(24-4)20(13-16)25-5/h6-9,12-14H,10-11H2,1-5H3,(H2,22,23,26). The van der Waals surface area contributed by atoms with Crippen molar-refractivity contribution in [3.05, 3.63) is 53.1 Å². The second kappa shape index (κ2) is 9.43. The third-order valence-corrected chi connectivity index (χ3v) is 4.54. The molecule has 26 heavy (non-hydrogen) atoms. The van der Waals surface area contributed by atoms with Gasteiger partial charge in [-0.2, -0.15) is 0 Å². The highest BCUT2D eigenvalue weighted by molar-refractivity contribution is 7.80. The van der Waals surface area contributed by atoms with E-state index in [9.17, 15) is 0 Å². The normalized spacial score (nSPS) is 10.5. The van der Waals surface area contributed by atoms with E-state index in [1.807, 2.05) is 18.2 Å². The highest BCUT2D eigenvalue weighted by atomic mass is 32.1. The van der Waals surface area contributed by atoms with Gasteiger partial charge < -0.3 is 20.1 Å².